The highest BCUT2D eigenvalue weighted by molar-refractivity contribution is 6.17. The lowest BCUT2D eigenvalue weighted by Gasteiger charge is -2.35. The maximum Gasteiger partial charge on any atom is 0.167 e. The summed E-state index contributed by atoms with van der Waals surface area (Å²) in [6.45, 7) is 4.19. The Morgan fingerprint density at radius 2 is 1.65 bits per heavy atom. The van der Waals surface area contributed by atoms with Crippen molar-refractivity contribution >= 4 is 11.6 Å². The summed E-state index contributed by atoms with van der Waals surface area (Å²) < 4.78 is 0. The van der Waals surface area contributed by atoms with Crippen molar-refractivity contribution in [3.8, 4) is 0 Å². The van der Waals surface area contributed by atoms with Gasteiger partial charge in [-0.05, 0) is 42.6 Å². The normalized spacial score (nSPS) is 34.5. The van der Waals surface area contributed by atoms with E-state index >= 15 is 0 Å². The van der Waals surface area contributed by atoms with Crippen LogP contribution >= 0.6 is 0 Å². The monoisotopic (exact) mass is 268 g/mol. The number of fused-ring (bicyclic) bond motifs is 6. The fourth-order valence-electron chi connectivity index (χ4n) is 4.92. The van der Waals surface area contributed by atoms with Gasteiger partial charge in [0.05, 0.1) is 0 Å². The number of hydrogen-bond donors (Lipinski definition) is 0. The SMILES string of the molecule is CC(C)c1cccc2c1C(=O)C1C3CCC(C3)C1C2=O. The fraction of sp³-hybridized carbons (Fsp3) is 0.556. The molecule has 2 nitrogen and oxygen atoms in total. The van der Waals surface area contributed by atoms with Crippen LogP contribution in [0.15, 0.2) is 18.2 Å². The van der Waals surface area contributed by atoms with Crippen LogP contribution in [-0.4, -0.2) is 11.6 Å². The molecule has 2 fully saturated rings. The molecule has 4 atom stereocenters. The van der Waals surface area contributed by atoms with Gasteiger partial charge in [-0.2, -0.15) is 0 Å². The van der Waals surface area contributed by atoms with Crippen molar-refractivity contribution in [3.63, 3.8) is 0 Å². The van der Waals surface area contributed by atoms with E-state index in [1.54, 1.807) is 0 Å². The minimum atomic E-state index is -0.00588. The van der Waals surface area contributed by atoms with E-state index in [4.69, 9.17) is 0 Å². The molecule has 3 aliphatic carbocycles. The standard InChI is InChI=1S/C18H20O2/c1-9(2)12-4-3-5-13-16(12)18(20)15-11-7-6-10(8-11)14(15)17(13)19/h3-5,9-11,14-15H,6-8H2,1-2H3. The Labute approximate surface area is 119 Å². The summed E-state index contributed by atoms with van der Waals surface area (Å²) in [5, 5.41) is 0. The van der Waals surface area contributed by atoms with E-state index < -0.39 is 0 Å². The second-order valence-electron chi connectivity index (χ2n) is 7.04. The van der Waals surface area contributed by atoms with E-state index in [9.17, 15) is 9.59 Å². The van der Waals surface area contributed by atoms with Crippen LogP contribution in [-0.2, 0) is 0 Å². The van der Waals surface area contributed by atoms with Crippen LogP contribution < -0.4 is 0 Å². The van der Waals surface area contributed by atoms with Crippen molar-refractivity contribution in [1.82, 2.24) is 0 Å². The van der Waals surface area contributed by atoms with Gasteiger partial charge in [0.2, 0.25) is 0 Å². The number of benzene rings is 1. The van der Waals surface area contributed by atoms with Gasteiger partial charge in [0, 0.05) is 23.0 Å². The van der Waals surface area contributed by atoms with Crippen LogP contribution in [0.4, 0.5) is 0 Å². The quantitative estimate of drug-likeness (QED) is 0.775. The first-order chi connectivity index (χ1) is 9.59. The number of hydrogen-bond acceptors (Lipinski definition) is 2. The van der Waals surface area contributed by atoms with Crippen molar-refractivity contribution in [2.24, 2.45) is 23.7 Å². The molecule has 0 radical (unpaired) electrons. The Hall–Kier alpha value is -1.44. The highest BCUT2D eigenvalue weighted by Gasteiger charge is 2.56. The smallest absolute Gasteiger partial charge is 0.167 e. The van der Waals surface area contributed by atoms with Gasteiger partial charge in [-0.3, -0.25) is 9.59 Å². The maximum atomic E-state index is 13.0. The third kappa shape index (κ3) is 1.40. The molecule has 0 heterocycles. The van der Waals surface area contributed by atoms with Gasteiger partial charge in [-0.25, -0.2) is 0 Å². The summed E-state index contributed by atoms with van der Waals surface area (Å²) in [4.78, 5) is 25.9. The lowest BCUT2D eigenvalue weighted by molar-refractivity contribution is 0.0659. The van der Waals surface area contributed by atoms with Crippen LogP contribution in [0, 0.1) is 23.7 Å². The van der Waals surface area contributed by atoms with E-state index in [1.807, 2.05) is 18.2 Å². The molecular formula is C18H20O2. The van der Waals surface area contributed by atoms with E-state index in [1.165, 1.54) is 0 Å². The molecule has 20 heavy (non-hydrogen) atoms. The maximum absolute atomic E-state index is 13.0. The van der Waals surface area contributed by atoms with Gasteiger partial charge in [0.25, 0.3) is 0 Å². The number of carbonyl (C=O) groups is 2. The molecule has 0 spiro atoms. The van der Waals surface area contributed by atoms with Gasteiger partial charge in [-0.15, -0.1) is 0 Å². The Morgan fingerprint density at radius 1 is 1.00 bits per heavy atom. The number of carbonyl (C=O) groups excluding carboxylic acids is 2. The minimum Gasteiger partial charge on any atom is -0.294 e. The van der Waals surface area contributed by atoms with Gasteiger partial charge < -0.3 is 0 Å². The molecule has 0 aliphatic heterocycles. The highest BCUT2D eigenvalue weighted by atomic mass is 16.1. The number of Topliss-reactive ketones (excluding diaryl/α,β-unsaturated/α-hetero) is 2. The third-order valence-corrected chi connectivity index (χ3v) is 5.75. The van der Waals surface area contributed by atoms with Crippen LogP contribution in [0.2, 0.25) is 0 Å². The molecule has 0 N–H and O–H groups in total. The van der Waals surface area contributed by atoms with Crippen LogP contribution in [0.5, 0.6) is 0 Å². The van der Waals surface area contributed by atoms with Gasteiger partial charge in [-0.1, -0.05) is 32.0 Å². The van der Waals surface area contributed by atoms with Crippen molar-refractivity contribution in [2.75, 3.05) is 0 Å². The van der Waals surface area contributed by atoms with Crippen molar-refractivity contribution < 1.29 is 9.59 Å². The first-order valence-corrected chi connectivity index (χ1v) is 7.81. The second-order valence-corrected chi connectivity index (χ2v) is 7.04. The van der Waals surface area contributed by atoms with Gasteiger partial charge >= 0.3 is 0 Å². The molecule has 2 bridgehead atoms. The van der Waals surface area contributed by atoms with Crippen LogP contribution in [0.1, 0.15) is 65.3 Å². The molecule has 4 unspecified atom stereocenters. The van der Waals surface area contributed by atoms with Crippen molar-refractivity contribution in [1.29, 1.82) is 0 Å². The van der Waals surface area contributed by atoms with Crippen molar-refractivity contribution in [3.05, 3.63) is 34.9 Å². The molecular weight excluding hydrogens is 248 g/mol. The molecule has 0 amide bonds. The largest absolute Gasteiger partial charge is 0.294 e. The van der Waals surface area contributed by atoms with E-state index in [-0.39, 0.29) is 29.3 Å². The summed E-state index contributed by atoms with van der Waals surface area (Å²) >= 11 is 0. The molecule has 4 rings (SSSR count). The van der Waals surface area contributed by atoms with E-state index in [2.05, 4.69) is 13.8 Å². The van der Waals surface area contributed by atoms with E-state index in [0.29, 0.717) is 17.4 Å². The summed E-state index contributed by atoms with van der Waals surface area (Å²) in [7, 11) is 0. The summed E-state index contributed by atoms with van der Waals surface area (Å²) in [6.07, 6.45) is 3.38. The zero-order chi connectivity index (χ0) is 14.0. The molecule has 104 valence electrons. The first-order valence-electron chi connectivity index (χ1n) is 7.81. The summed E-state index contributed by atoms with van der Waals surface area (Å²) in [6, 6.07) is 5.82. The Kier molecular flexibility index (Phi) is 2.48. The van der Waals surface area contributed by atoms with E-state index in [0.717, 1.165) is 30.4 Å². The Balaban J connectivity index is 1.92. The topological polar surface area (TPSA) is 34.1 Å². The van der Waals surface area contributed by atoms with Gasteiger partial charge in [0.1, 0.15) is 0 Å². The third-order valence-electron chi connectivity index (χ3n) is 5.75. The summed E-state index contributed by atoms with van der Waals surface area (Å²) in [5.74, 6) is 1.73. The lowest BCUT2D eigenvalue weighted by Crippen LogP contribution is -2.40. The first kappa shape index (κ1) is 12.3. The molecule has 2 heteroatoms. The average molecular weight is 268 g/mol. The second kappa shape index (κ2) is 4.03. The van der Waals surface area contributed by atoms with Crippen LogP contribution in [0.3, 0.4) is 0 Å². The molecule has 3 aliphatic rings. The number of ketones is 2. The molecule has 2 saturated carbocycles. The predicted octanol–water partition coefficient (Wildman–Crippen LogP) is 3.85. The molecule has 1 aromatic rings. The lowest BCUT2D eigenvalue weighted by atomic mass is 9.66. The Bertz CT molecular complexity index is 614. The predicted molar refractivity (Wildman–Crippen MR) is 77.0 cm³/mol. The van der Waals surface area contributed by atoms with Gasteiger partial charge in [0.15, 0.2) is 11.6 Å². The Morgan fingerprint density at radius 3 is 2.30 bits per heavy atom. The highest BCUT2D eigenvalue weighted by Crippen LogP contribution is 2.56. The average Bonchev–Trinajstić information content (AvgIpc) is 3.04. The molecule has 0 aromatic heterocycles. The molecule has 0 saturated heterocycles. The zero-order valence-corrected chi connectivity index (χ0v) is 12.1. The van der Waals surface area contributed by atoms with Crippen molar-refractivity contribution in [2.45, 2.75) is 39.0 Å². The minimum absolute atomic E-state index is 0.00355. The number of rotatable bonds is 1. The molecule has 1 aromatic carbocycles. The van der Waals surface area contributed by atoms with Crippen LogP contribution in [0.25, 0.3) is 0 Å². The zero-order valence-electron chi connectivity index (χ0n) is 12.1. The fourth-order valence-corrected chi connectivity index (χ4v) is 4.92. The summed E-state index contributed by atoms with van der Waals surface area (Å²) in [5.41, 5.74) is 2.51.